The zero-order chi connectivity index (χ0) is 15.7. The van der Waals surface area contributed by atoms with Crippen molar-refractivity contribution in [2.24, 2.45) is 12.8 Å². The molecule has 0 aliphatic rings. The van der Waals surface area contributed by atoms with Crippen molar-refractivity contribution in [2.75, 3.05) is 13.6 Å². The van der Waals surface area contributed by atoms with Gasteiger partial charge in [-0.1, -0.05) is 0 Å². The number of aryl methyl sites for hydroxylation is 2. The number of amides is 1. The Morgan fingerprint density at radius 1 is 1.50 bits per heavy atom. The first-order valence-corrected chi connectivity index (χ1v) is 6.90. The highest BCUT2D eigenvalue weighted by Gasteiger charge is 2.21. The van der Waals surface area contributed by atoms with Crippen molar-refractivity contribution >= 4 is 18.3 Å². The van der Waals surface area contributed by atoms with E-state index >= 15 is 0 Å². The lowest BCUT2D eigenvalue weighted by Gasteiger charge is -2.22. The SMILES string of the molecule is Cc1nn(C)c(C)c1-c1cc(C(=O)N(C)C(C)CN)[nH]n1.Cl. The van der Waals surface area contributed by atoms with Crippen LogP contribution in [0.3, 0.4) is 0 Å². The number of nitrogens with two attached hydrogens (primary N) is 1. The molecule has 1 atom stereocenters. The summed E-state index contributed by atoms with van der Waals surface area (Å²) >= 11 is 0. The van der Waals surface area contributed by atoms with E-state index in [1.807, 2.05) is 32.5 Å². The molecule has 8 heteroatoms. The van der Waals surface area contributed by atoms with Gasteiger partial charge in [0.2, 0.25) is 0 Å². The predicted molar refractivity (Wildman–Crippen MR) is 88.1 cm³/mol. The second-order valence-electron chi connectivity index (χ2n) is 5.34. The monoisotopic (exact) mass is 326 g/mol. The molecule has 1 amide bonds. The Balaban J connectivity index is 0.00000242. The number of hydrogen-bond acceptors (Lipinski definition) is 4. The molecule has 0 saturated heterocycles. The molecule has 3 N–H and O–H groups in total. The third kappa shape index (κ3) is 3.15. The number of halogens is 1. The van der Waals surface area contributed by atoms with E-state index in [2.05, 4.69) is 15.3 Å². The zero-order valence-corrected chi connectivity index (χ0v) is 14.4. The number of carbonyl (C=O) groups excluding carboxylic acids is 1. The van der Waals surface area contributed by atoms with Crippen molar-refractivity contribution in [3.05, 3.63) is 23.1 Å². The van der Waals surface area contributed by atoms with Crippen LogP contribution in [-0.4, -0.2) is 50.4 Å². The molecule has 0 saturated carbocycles. The number of hydrogen-bond donors (Lipinski definition) is 2. The first-order chi connectivity index (χ1) is 9.86. The van der Waals surface area contributed by atoms with Crippen molar-refractivity contribution in [2.45, 2.75) is 26.8 Å². The van der Waals surface area contributed by atoms with Crippen molar-refractivity contribution in [3.63, 3.8) is 0 Å². The summed E-state index contributed by atoms with van der Waals surface area (Å²) in [5.74, 6) is -0.120. The Morgan fingerprint density at radius 3 is 2.64 bits per heavy atom. The van der Waals surface area contributed by atoms with Crippen LogP contribution < -0.4 is 5.73 Å². The van der Waals surface area contributed by atoms with E-state index in [-0.39, 0.29) is 24.4 Å². The van der Waals surface area contributed by atoms with Crippen LogP contribution in [-0.2, 0) is 7.05 Å². The van der Waals surface area contributed by atoms with Gasteiger partial charge in [-0.2, -0.15) is 10.2 Å². The second kappa shape index (κ2) is 6.93. The van der Waals surface area contributed by atoms with Gasteiger partial charge in [0.25, 0.3) is 5.91 Å². The van der Waals surface area contributed by atoms with E-state index in [1.165, 1.54) is 0 Å². The average Bonchev–Trinajstić information content (AvgIpc) is 3.02. The van der Waals surface area contributed by atoms with Crippen molar-refractivity contribution in [3.8, 4) is 11.3 Å². The van der Waals surface area contributed by atoms with Crippen molar-refractivity contribution in [1.82, 2.24) is 24.9 Å². The summed E-state index contributed by atoms with van der Waals surface area (Å²) in [5.41, 5.74) is 9.65. The summed E-state index contributed by atoms with van der Waals surface area (Å²) in [6.45, 7) is 6.24. The number of rotatable bonds is 4. The lowest BCUT2D eigenvalue weighted by atomic mass is 10.1. The van der Waals surface area contributed by atoms with Gasteiger partial charge in [-0.15, -0.1) is 12.4 Å². The van der Waals surface area contributed by atoms with Crippen LogP contribution in [0.4, 0.5) is 0 Å². The average molecular weight is 327 g/mol. The van der Waals surface area contributed by atoms with E-state index < -0.39 is 0 Å². The van der Waals surface area contributed by atoms with Gasteiger partial charge in [0.1, 0.15) is 5.69 Å². The summed E-state index contributed by atoms with van der Waals surface area (Å²) < 4.78 is 1.81. The molecular weight excluding hydrogens is 304 g/mol. The summed E-state index contributed by atoms with van der Waals surface area (Å²) in [6, 6.07) is 1.74. The van der Waals surface area contributed by atoms with Crippen LogP contribution in [0.5, 0.6) is 0 Å². The maximum absolute atomic E-state index is 12.3. The minimum Gasteiger partial charge on any atom is -0.336 e. The highest BCUT2D eigenvalue weighted by Crippen LogP contribution is 2.25. The van der Waals surface area contributed by atoms with Crippen LogP contribution in [0.2, 0.25) is 0 Å². The Bertz CT molecular complexity index is 662. The van der Waals surface area contributed by atoms with E-state index in [4.69, 9.17) is 5.73 Å². The summed E-state index contributed by atoms with van der Waals surface area (Å²) in [6.07, 6.45) is 0. The van der Waals surface area contributed by atoms with Gasteiger partial charge >= 0.3 is 0 Å². The summed E-state index contributed by atoms with van der Waals surface area (Å²) in [5, 5.41) is 11.4. The molecule has 2 heterocycles. The maximum Gasteiger partial charge on any atom is 0.271 e. The quantitative estimate of drug-likeness (QED) is 0.884. The van der Waals surface area contributed by atoms with Gasteiger partial charge in [0.05, 0.1) is 11.4 Å². The highest BCUT2D eigenvalue weighted by atomic mass is 35.5. The molecule has 0 aromatic carbocycles. The second-order valence-corrected chi connectivity index (χ2v) is 5.34. The molecular formula is C14H23ClN6O. The van der Waals surface area contributed by atoms with Gasteiger partial charge in [0, 0.05) is 37.9 Å². The molecule has 0 bridgehead atoms. The molecule has 0 aliphatic carbocycles. The standard InChI is InChI=1S/C14H22N6O.ClH/c1-8(7-15)19(4)14(21)12-6-11(16-17-12)13-9(2)18-20(5)10(13)3;/h6,8H,7,15H2,1-5H3,(H,16,17);1H. The molecule has 2 aromatic heterocycles. The van der Waals surface area contributed by atoms with Crippen LogP contribution in [0.15, 0.2) is 6.07 Å². The maximum atomic E-state index is 12.3. The minimum atomic E-state index is -0.120. The molecule has 0 aliphatic heterocycles. The van der Waals surface area contributed by atoms with E-state index in [1.54, 1.807) is 18.0 Å². The molecule has 7 nitrogen and oxygen atoms in total. The van der Waals surface area contributed by atoms with Crippen LogP contribution in [0.25, 0.3) is 11.3 Å². The number of carbonyl (C=O) groups is 1. The Kier molecular flexibility index (Phi) is 5.73. The smallest absolute Gasteiger partial charge is 0.271 e. The first-order valence-electron chi connectivity index (χ1n) is 6.90. The van der Waals surface area contributed by atoms with E-state index in [0.29, 0.717) is 12.2 Å². The third-order valence-electron chi connectivity index (χ3n) is 3.90. The van der Waals surface area contributed by atoms with Gasteiger partial charge in [-0.05, 0) is 26.8 Å². The van der Waals surface area contributed by atoms with Gasteiger partial charge < -0.3 is 10.6 Å². The third-order valence-corrected chi connectivity index (χ3v) is 3.90. The fourth-order valence-corrected chi connectivity index (χ4v) is 2.25. The first kappa shape index (κ1) is 18.2. The molecule has 122 valence electrons. The van der Waals surface area contributed by atoms with Crippen LogP contribution >= 0.6 is 12.4 Å². The predicted octanol–water partition coefficient (Wildman–Crippen LogP) is 1.27. The van der Waals surface area contributed by atoms with Gasteiger partial charge in [-0.25, -0.2) is 0 Å². The normalized spacial score (nSPS) is 11.9. The molecule has 2 rings (SSSR count). The topological polar surface area (TPSA) is 92.8 Å². The number of aromatic nitrogens is 4. The number of likely N-dealkylation sites (N-methyl/N-ethyl adjacent to an activating group) is 1. The zero-order valence-electron chi connectivity index (χ0n) is 13.5. The summed E-state index contributed by atoms with van der Waals surface area (Å²) in [7, 11) is 3.63. The van der Waals surface area contributed by atoms with E-state index in [0.717, 1.165) is 22.6 Å². The Hall–Kier alpha value is -1.86. The lowest BCUT2D eigenvalue weighted by molar-refractivity contribution is 0.0742. The molecule has 22 heavy (non-hydrogen) atoms. The van der Waals surface area contributed by atoms with Gasteiger partial charge in [-0.3, -0.25) is 14.6 Å². The number of nitrogens with one attached hydrogen (secondary N) is 1. The van der Waals surface area contributed by atoms with Crippen LogP contribution in [0, 0.1) is 13.8 Å². The highest BCUT2D eigenvalue weighted by molar-refractivity contribution is 5.93. The minimum absolute atomic E-state index is 0. The molecule has 2 aromatic rings. The fourth-order valence-electron chi connectivity index (χ4n) is 2.25. The Labute approximate surface area is 136 Å². The number of nitrogens with zero attached hydrogens (tertiary/aromatic N) is 4. The fraction of sp³-hybridized carbons (Fsp3) is 0.500. The van der Waals surface area contributed by atoms with E-state index in [9.17, 15) is 4.79 Å². The lowest BCUT2D eigenvalue weighted by Crippen LogP contribution is -2.39. The number of aromatic amines is 1. The largest absolute Gasteiger partial charge is 0.336 e. The molecule has 0 radical (unpaired) electrons. The summed E-state index contributed by atoms with van der Waals surface area (Å²) in [4.78, 5) is 14.0. The van der Waals surface area contributed by atoms with Crippen molar-refractivity contribution < 1.29 is 4.79 Å². The van der Waals surface area contributed by atoms with Crippen molar-refractivity contribution in [1.29, 1.82) is 0 Å². The number of H-pyrrole nitrogens is 1. The Morgan fingerprint density at radius 2 is 2.14 bits per heavy atom. The molecule has 1 unspecified atom stereocenters. The van der Waals surface area contributed by atoms with Gasteiger partial charge in [0.15, 0.2) is 0 Å². The van der Waals surface area contributed by atoms with Crippen LogP contribution in [0.1, 0.15) is 28.8 Å². The molecule has 0 fully saturated rings. The molecule has 0 spiro atoms.